The van der Waals surface area contributed by atoms with E-state index in [0.29, 0.717) is 36.7 Å². The molecule has 1 saturated carbocycles. The maximum Gasteiger partial charge on any atom is 0.322 e. The zero-order valence-electron chi connectivity index (χ0n) is 18.0. The Morgan fingerprint density at radius 3 is 2.87 bits per heavy atom. The highest BCUT2D eigenvalue weighted by Crippen LogP contribution is 2.69. The molecule has 1 amide bonds. The van der Waals surface area contributed by atoms with Gasteiger partial charge < -0.3 is 14.2 Å². The number of carbonyl (C=O) groups is 1. The fourth-order valence-corrected chi connectivity index (χ4v) is 8.97. The van der Waals surface area contributed by atoms with Crippen LogP contribution in [0.5, 0.6) is 11.5 Å². The summed E-state index contributed by atoms with van der Waals surface area (Å²) in [5.74, 6) is 2.39. The highest BCUT2D eigenvalue weighted by atomic mass is 35.5. The van der Waals surface area contributed by atoms with Crippen LogP contribution in [-0.4, -0.2) is 68.9 Å². The number of rotatable bonds is 3. The zero-order valence-corrected chi connectivity index (χ0v) is 18.7. The van der Waals surface area contributed by atoms with E-state index in [2.05, 4.69) is 17.0 Å². The van der Waals surface area contributed by atoms with E-state index in [-0.39, 0.29) is 34.0 Å². The number of amides is 1. The number of fused-ring (bicyclic) bond motifs is 2. The van der Waals surface area contributed by atoms with E-state index in [0.717, 1.165) is 37.4 Å². The molecule has 6 nitrogen and oxygen atoms in total. The minimum absolute atomic E-state index is 0.0196. The van der Waals surface area contributed by atoms with Gasteiger partial charge in [-0.2, -0.15) is 0 Å². The van der Waals surface area contributed by atoms with Crippen molar-refractivity contribution in [2.45, 2.75) is 42.9 Å². The van der Waals surface area contributed by atoms with Crippen molar-refractivity contribution in [1.82, 2.24) is 9.38 Å². The second kappa shape index (κ2) is 6.04. The highest BCUT2D eigenvalue weighted by molar-refractivity contribution is 6.20. The molecule has 164 valence electrons. The largest absolute Gasteiger partial charge is 0.493 e. The van der Waals surface area contributed by atoms with Gasteiger partial charge in [0, 0.05) is 30.1 Å². The van der Waals surface area contributed by atoms with Crippen molar-refractivity contribution in [2.75, 3.05) is 39.9 Å². The number of nitrogens with zero attached hydrogens (tertiary/aromatic N) is 2. The molecule has 7 rings (SSSR count). The normalized spacial score (nSPS) is 43.9. The molecule has 1 aliphatic carbocycles. The predicted octanol–water partition coefficient (Wildman–Crippen LogP) is 2.81. The predicted molar refractivity (Wildman–Crippen MR) is 117 cm³/mol. The van der Waals surface area contributed by atoms with Gasteiger partial charge in [-0.1, -0.05) is 23.3 Å². The van der Waals surface area contributed by atoms with Crippen LogP contribution >= 0.6 is 11.6 Å². The number of hydrogen-bond donors (Lipinski definition) is 0. The molecule has 31 heavy (non-hydrogen) atoms. The van der Waals surface area contributed by atoms with E-state index in [4.69, 9.17) is 25.8 Å². The first-order valence-corrected chi connectivity index (χ1v) is 11.9. The fourth-order valence-electron chi connectivity index (χ4n) is 8.56. The van der Waals surface area contributed by atoms with Crippen molar-refractivity contribution in [3.05, 3.63) is 29.3 Å². The Balaban J connectivity index is 1.57. The summed E-state index contributed by atoms with van der Waals surface area (Å²) in [4.78, 5) is 16.6. The van der Waals surface area contributed by atoms with Crippen LogP contribution in [0, 0.1) is 11.8 Å². The molecular formula is C24H28ClN2O4+. The maximum atomic E-state index is 14.0. The van der Waals surface area contributed by atoms with Crippen LogP contribution in [-0.2, 0) is 14.9 Å². The first-order chi connectivity index (χ1) is 15.1. The maximum absolute atomic E-state index is 14.0. The number of methoxy groups -OCH3 is 2. The van der Waals surface area contributed by atoms with Crippen LogP contribution in [0.15, 0.2) is 23.8 Å². The number of alkyl halides is 1. The molecule has 1 unspecified atom stereocenters. The van der Waals surface area contributed by atoms with Crippen molar-refractivity contribution in [3.8, 4) is 11.5 Å². The Bertz CT molecular complexity index is 1040. The molecule has 4 fully saturated rings. The van der Waals surface area contributed by atoms with E-state index in [9.17, 15) is 4.79 Å². The molecule has 7 heteroatoms. The molecule has 3 saturated heterocycles. The monoisotopic (exact) mass is 443 g/mol. The van der Waals surface area contributed by atoms with Gasteiger partial charge in [0.05, 0.1) is 38.8 Å². The number of hydrogen-bond acceptors (Lipinski definition) is 5. The Morgan fingerprint density at radius 2 is 2.10 bits per heavy atom. The molecule has 1 spiro atoms. The van der Waals surface area contributed by atoms with Crippen LogP contribution in [0.25, 0.3) is 0 Å². The minimum Gasteiger partial charge on any atom is -0.493 e. The lowest BCUT2D eigenvalue weighted by molar-refractivity contribution is -0.156. The fraction of sp³-hybridized carbons (Fsp3) is 0.625. The van der Waals surface area contributed by atoms with Crippen molar-refractivity contribution < 1.29 is 19.0 Å². The third-order valence-corrected chi connectivity index (χ3v) is 9.92. The summed E-state index contributed by atoms with van der Waals surface area (Å²) in [6, 6.07) is 5.01. The minimum atomic E-state index is -0.0987. The Hall–Kier alpha value is -1.60. The highest BCUT2D eigenvalue weighted by Gasteiger charge is 2.78. The molecule has 0 radical (unpaired) electrons. The molecule has 1 aromatic carbocycles. The zero-order chi connectivity index (χ0) is 21.1. The second-order valence-electron chi connectivity index (χ2n) is 10.1. The van der Waals surface area contributed by atoms with Gasteiger partial charge in [-0.05, 0) is 31.4 Å². The summed E-state index contributed by atoms with van der Waals surface area (Å²) in [6.07, 6.45) is 4.92. The van der Waals surface area contributed by atoms with Crippen molar-refractivity contribution in [3.63, 3.8) is 0 Å². The van der Waals surface area contributed by atoms with Crippen molar-refractivity contribution in [1.29, 1.82) is 0 Å². The van der Waals surface area contributed by atoms with Crippen molar-refractivity contribution in [2.24, 2.45) is 11.8 Å². The lowest BCUT2D eigenvalue weighted by Crippen LogP contribution is -2.76. The van der Waals surface area contributed by atoms with Gasteiger partial charge in [0.15, 0.2) is 17.5 Å². The Kier molecular flexibility index (Phi) is 3.69. The number of piperidine rings is 2. The molecule has 5 heterocycles. The molecule has 2 bridgehead atoms. The first-order valence-electron chi connectivity index (χ1n) is 11.4. The van der Waals surface area contributed by atoms with Gasteiger partial charge in [0.2, 0.25) is 0 Å². The lowest BCUT2D eigenvalue weighted by Gasteiger charge is -2.59. The molecule has 0 N–H and O–H groups in total. The second-order valence-corrected chi connectivity index (χ2v) is 10.3. The SMILES string of the molecule is COc1cc2c(cc1OC)[N+]1(CCl)C(=O)C[C@@H]3OCC=C4CN5CC[C@]26[C@@H]5C[C@@H]4[C@@H]3[C@@H]61. The number of quaternary nitrogens is 1. The van der Waals surface area contributed by atoms with Crippen LogP contribution < -0.4 is 14.0 Å². The van der Waals surface area contributed by atoms with Gasteiger partial charge in [0.1, 0.15) is 11.7 Å². The summed E-state index contributed by atoms with van der Waals surface area (Å²) in [6.45, 7) is 2.72. The van der Waals surface area contributed by atoms with Gasteiger partial charge in [-0.15, -0.1) is 0 Å². The summed E-state index contributed by atoms with van der Waals surface area (Å²) in [5, 5.41) is 0. The average molecular weight is 444 g/mol. The Labute approximate surface area is 187 Å². The summed E-state index contributed by atoms with van der Waals surface area (Å²) in [7, 11) is 3.34. The topological polar surface area (TPSA) is 48.0 Å². The molecule has 6 aliphatic rings. The van der Waals surface area contributed by atoms with Crippen LogP contribution in [0.4, 0.5) is 5.69 Å². The summed E-state index contributed by atoms with van der Waals surface area (Å²) >= 11 is 6.82. The molecule has 0 aromatic heterocycles. The van der Waals surface area contributed by atoms with Crippen LogP contribution in [0.1, 0.15) is 24.8 Å². The van der Waals surface area contributed by atoms with Crippen molar-refractivity contribution >= 4 is 23.2 Å². The van der Waals surface area contributed by atoms with E-state index in [1.807, 2.05) is 6.07 Å². The standard InChI is InChI=1S/C24H28ClN2O4/c1-29-17-8-15-16(9-18(17)30-2)27(12-25)21(28)10-19-22-14-7-20-24(15,23(22)27)4-5-26(20)11-13(14)3-6-31-19/h3,8-9,14,19-20,22-23H,4-7,10-12H2,1-2H3/q+1/t14-,19-,20-,22-,23-,24+,27?/m0/s1. The van der Waals surface area contributed by atoms with Gasteiger partial charge >= 0.3 is 5.91 Å². The molecule has 1 aromatic rings. The third kappa shape index (κ3) is 1.93. The number of halogens is 1. The van der Waals surface area contributed by atoms with E-state index in [1.54, 1.807) is 14.2 Å². The van der Waals surface area contributed by atoms with E-state index >= 15 is 0 Å². The summed E-state index contributed by atoms with van der Waals surface area (Å²) in [5.41, 5.74) is 3.71. The van der Waals surface area contributed by atoms with Gasteiger partial charge in [-0.3, -0.25) is 4.90 Å². The molecule has 7 atom stereocenters. The number of ether oxygens (including phenoxy) is 3. The first kappa shape index (κ1) is 18.9. The molecular weight excluding hydrogens is 416 g/mol. The lowest BCUT2D eigenvalue weighted by atomic mass is 9.53. The smallest absolute Gasteiger partial charge is 0.322 e. The Morgan fingerprint density at radius 1 is 1.29 bits per heavy atom. The van der Waals surface area contributed by atoms with E-state index < -0.39 is 0 Å². The van der Waals surface area contributed by atoms with Gasteiger partial charge in [-0.25, -0.2) is 9.28 Å². The van der Waals surface area contributed by atoms with Crippen LogP contribution in [0.2, 0.25) is 0 Å². The quantitative estimate of drug-likeness (QED) is 0.311. The summed E-state index contributed by atoms with van der Waals surface area (Å²) < 4.78 is 18.0. The van der Waals surface area contributed by atoms with Gasteiger partial charge in [0.25, 0.3) is 0 Å². The van der Waals surface area contributed by atoms with E-state index in [1.165, 1.54) is 11.1 Å². The number of benzene rings is 1. The average Bonchev–Trinajstić information content (AvgIpc) is 3.23. The van der Waals surface area contributed by atoms with Crippen LogP contribution in [0.3, 0.4) is 0 Å². The third-order valence-electron chi connectivity index (χ3n) is 9.55. The molecule has 5 aliphatic heterocycles. The number of carbonyl (C=O) groups excluding carboxylic acids is 1.